The highest BCUT2D eigenvalue weighted by molar-refractivity contribution is 5.99. The van der Waals surface area contributed by atoms with Crippen LogP contribution in [0, 0.1) is 5.92 Å². The molecule has 1 N–H and O–H groups in total. The number of hydrogen-bond acceptors (Lipinski definition) is 3. The van der Waals surface area contributed by atoms with Gasteiger partial charge in [-0.15, -0.1) is 0 Å². The van der Waals surface area contributed by atoms with Gasteiger partial charge in [-0.2, -0.15) is 5.10 Å². The van der Waals surface area contributed by atoms with Gasteiger partial charge >= 0.3 is 0 Å². The SMILES string of the molecule is C[C@H]1CCCC[C@H]1NC(=O)c1cnn2cccnc12. The Kier molecular flexibility index (Phi) is 3.19. The summed E-state index contributed by atoms with van der Waals surface area (Å²) in [6.07, 6.45) is 9.79. The van der Waals surface area contributed by atoms with E-state index in [9.17, 15) is 4.79 Å². The maximum Gasteiger partial charge on any atom is 0.256 e. The largest absolute Gasteiger partial charge is 0.349 e. The second-order valence-electron chi connectivity index (χ2n) is 5.29. The summed E-state index contributed by atoms with van der Waals surface area (Å²) in [4.78, 5) is 16.5. The zero-order chi connectivity index (χ0) is 13.2. The van der Waals surface area contributed by atoms with E-state index in [1.807, 2.05) is 0 Å². The number of carbonyl (C=O) groups excluding carboxylic acids is 1. The van der Waals surface area contributed by atoms with Crippen LogP contribution in [0.2, 0.25) is 0 Å². The van der Waals surface area contributed by atoms with E-state index < -0.39 is 0 Å². The van der Waals surface area contributed by atoms with Crippen LogP contribution in [0.25, 0.3) is 5.65 Å². The van der Waals surface area contributed by atoms with Crippen molar-refractivity contribution in [3.8, 4) is 0 Å². The number of nitrogens with zero attached hydrogens (tertiary/aromatic N) is 3. The average molecular weight is 258 g/mol. The Labute approximate surface area is 112 Å². The molecular weight excluding hydrogens is 240 g/mol. The van der Waals surface area contributed by atoms with Gasteiger partial charge in [0.05, 0.1) is 6.20 Å². The van der Waals surface area contributed by atoms with Crippen LogP contribution in [0.1, 0.15) is 43.0 Å². The predicted molar refractivity (Wildman–Crippen MR) is 71.9 cm³/mol. The molecule has 0 aliphatic heterocycles. The van der Waals surface area contributed by atoms with Crippen molar-refractivity contribution in [3.63, 3.8) is 0 Å². The summed E-state index contributed by atoms with van der Waals surface area (Å²) in [6.45, 7) is 2.21. The summed E-state index contributed by atoms with van der Waals surface area (Å²) in [7, 11) is 0. The highest BCUT2D eigenvalue weighted by atomic mass is 16.1. The molecule has 3 rings (SSSR count). The molecule has 5 nitrogen and oxygen atoms in total. The van der Waals surface area contributed by atoms with Crippen LogP contribution >= 0.6 is 0 Å². The van der Waals surface area contributed by atoms with Crippen molar-refractivity contribution in [1.82, 2.24) is 19.9 Å². The predicted octanol–water partition coefficient (Wildman–Crippen LogP) is 2.04. The molecule has 1 aliphatic carbocycles. The molecule has 2 aromatic rings. The van der Waals surface area contributed by atoms with Crippen molar-refractivity contribution in [1.29, 1.82) is 0 Å². The molecule has 1 saturated carbocycles. The molecule has 1 fully saturated rings. The van der Waals surface area contributed by atoms with Crippen LogP contribution in [0.4, 0.5) is 0 Å². The fraction of sp³-hybridized carbons (Fsp3) is 0.500. The monoisotopic (exact) mass is 258 g/mol. The molecule has 1 amide bonds. The van der Waals surface area contributed by atoms with Gasteiger partial charge in [0.2, 0.25) is 0 Å². The minimum Gasteiger partial charge on any atom is -0.349 e. The van der Waals surface area contributed by atoms with Gasteiger partial charge in [0.25, 0.3) is 5.91 Å². The quantitative estimate of drug-likeness (QED) is 0.896. The number of carbonyl (C=O) groups is 1. The van der Waals surface area contributed by atoms with Gasteiger partial charge in [0.15, 0.2) is 5.65 Å². The number of aromatic nitrogens is 3. The Hall–Kier alpha value is -1.91. The van der Waals surface area contributed by atoms with Crippen LogP contribution in [0.3, 0.4) is 0 Å². The minimum absolute atomic E-state index is 0.0625. The zero-order valence-electron chi connectivity index (χ0n) is 11.0. The van der Waals surface area contributed by atoms with E-state index in [4.69, 9.17) is 0 Å². The van der Waals surface area contributed by atoms with Crippen LogP contribution in [-0.4, -0.2) is 26.5 Å². The summed E-state index contributed by atoms with van der Waals surface area (Å²) in [6, 6.07) is 2.07. The summed E-state index contributed by atoms with van der Waals surface area (Å²) >= 11 is 0. The first-order chi connectivity index (χ1) is 9.25. The Morgan fingerprint density at radius 1 is 1.42 bits per heavy atom. The first-order valence-electron chi connectivity index (χ1n) is 6.85. The van der Waals surface area contributed by atoms with E-state index in [0.29, 0.717) is 17.1 Å². The first kappa shape index (κ1) is 12.1. The second-order valence-corrected chi connectivity index (χ2v) is 5.29. The summed E-state index contributed by atoms with van der Waals surface area (Å²) < 4.78 is 1.62. The standard InChI is InChI=1S/C14H18N4O/c1-10-5-2-3-6-12(10)17-14(19)11-9-16-18-8-4-7-15-13(11)18/h4,7-10,12H,2-3,5-6H2,1H3,(H,17,19)/t10-,12+/m0/s1. The lowest BCUT2D eigenvalue weighted by Crippen LogP contribution is -2.41. The number of fused-ring (bicyclic) bond motifs is 1. The van der Waals surface area contributed by atoms with Crippen molar-refractivity contribution in [2.24, 2.45) is 5.92 Å². The molecule has 2 aromatic heterocycles. The lowest BCUT2D eigenvalue weighted by molar-refractivity contribution is 0.0912. The van der Waals surface area contributed by atoms with Gasteiger partial charge in [-0.3, -0.25) is 4.79 Å². The third-order valence-corrected chi connectivity index (χ3v) is 3.95. The topological polar surface area (TPSA) is 59.3 Å². The molecule has 2 heterocycles. The lowest BCUT2D eigenvalue weighted by Gasteiger charge is -2.29. The van der Waals surface area contributed by atoms with Crippen molar-refractivity contribution in [2.75, 3.05) is 0 Å². The minimum atomic E-state index is -0.0625. The summed E-state index contributed by atoms with van der Waals surface area (Å²) in [5.41, 5.74) is 1.17. The van der Waals surface area contributed by atoms with Gasteiger partial charge in [-0.1, -0.05) is 19.8 Å². The van der Waals surface area contributed by atoms with E-state index in [1.54, 1.807) is 29.2 Å². The van der Waals surface area contributed by atoms with Crippen molar-refractivity contribution in [3.05, 3.63) is 30.2 Å². The van der Waals surface area contributed by atoms with Crippen LogP contribution in [0.5, 0.6) is 0 Å². The summed E-state index contributed by atoms with van der Waals surface area (Å²) in [5.74, 6) is 0.486. The van der Waals surface area contributed by atoms with Gasteiger partial charge in [-0.25, -0.2) is 9.50 Å². The van der Waals surface area contributed by atoms with E-state index in [-0.39, 0.29) is 11.9 Å². The van der Waals surface area contributed by atoms with Gasteiger partial charge in [-0.05, 0) is 24.8 Å². The molecule has 0 unspecified atom stereocenters. The molecule has 0 radical (unpaired) electrons. The van der Waals surface area contributed by atoms with Gasteiger partial charge in [0, 0.05) is 18.4 Å². The van der Waals surface area contributed by atoms with Crippen LogP contribution in [0.15, 0.2) is 24.7 Å². The second kappa shape index (κ2) is 4.99. The van der Waals surface area contributed by atoms with Gasteiger partial charge < -0.3 is 5.32 Å². The Bertz CT molecular complexity index is 592. The molecule has 1 aliphatic rings. The number of amides is 1. The zero-order valence-corrected chi connectivity index (χ0v) is 11.0. The molecule has 0 spiro atoms. The fourth-order valence-corrected chi connectivity index (χ4v) is 2.76. The fourth-order valence-electron chi connectivity index (χ4n) is 2.76. The molecule has 2 atom stereocenters. The van der Waals surface area contributed by atoms with E-state index in [2.05, 4.69) is 22.3 Å². The maximum absolute atomic E-state index is 12.3. The molecule has 0 bridgehead atoms. The third kappa shape index (κ3) is 2.32. The van der Waals surface area contributed by atoms with Crippen molar-refractivity contribution >= 4 is 11.6 Å². The highest BCUT2D eigenvalue weighted by Crippen LogP contribution is 2.24. The molecule has 0 aromatic carbocycles. The number of rotatable bonds is 2. The molecule has 0 saturated heterocycles. The highest BCUT2D eigenvalue weighted by Gasteiger charge is 2.24. The third-order valence-electron chi connectivity index (χ3n) is 3.95. The number of hydrogen-bond donors (Lipinski definition) is 1. The molecular formula is C14H18N4O. The van der Waals surface area contributed by atoms with Crippen LogP contribution in [-0.2, 0) is 0 Å². The normalized spacial score (nSPS) is 23.4. The Morgan fingerprint density at radius 3 is 3.11 bits per heavy atom. The average Bonchev–Trinajstić information content (AvgIpc) is 2.85. The van der Waals surface area contributed by atoms with Crippen molar-refractivity contribution in [2.45, 2.75) is 38.6 Å². The van der Waals surface area contributed by atoms with E-state index >= 15 is 0 Å². The summed E-state index contributed by atoms with van der Waals surface area (Å²) in [5, 5.41) is 7.28. The van der Waals surface area contributed by atoms with Crippen molar-refractivity contribution < 1.29 is 4.79 Å². The first-order valence-corrected chi connectivity index (χ1v) is 6.85. The smallest absolute Gasteiger partial charge is 0.256 e. The van der Waals surface area contributed by atoms with Gasteiger partial charge in [0.1, 0.15) is 5.56 Å². The van der Waals surface area contributed by atoms with E-state index in [0.717, 1.165) is 6.42 Å². The number of nitrogens with one attached hydrogen (secondary N) is 1. The molecule has 19 heavy (non-hydrogen) atoms. The Balaban J connectivity index is 1.80. The maximum atomic E-state index is 12.3. The van der Waals surface area contributed by atoms with Crippen LogP contribution < -0.4 is 5.32 Å². The Morgan fingerprint density at radius 2 is 2.26 bits per heavy atom. The molecule has 5 heteroatoms. The van der Waals surface area contributed by atoms with E-state index in [1.165, 1.54) is 19.3 Å². The lowest BCUT2D eigenvalue weighted by atomic mass is 9.86. The molecule has 100 valence electrons.